The topological polar surface area (TPSA) is 76.5 Å². The van der Waals surface area contributed by atoms with Crippen LogP contribution in [0.25, 0.3) is 10.8 Å². The van der Waals surface area contributed by atoms with Crippen molar-refractivity contribution in [2.24, 2.45) is 0 Å². The van der Waals surface area contributed by atoms with Gasteiger partial charge in [0.05, 0.1) is 12.7 Å². The monoisotopic (exact) mass is 366 g/mol. The predicted octanol–water partition coefficient (Wildman–Crippen LogP) is 2.78. The van der Waals surface area contributed by atoms with Crippen molar-refractivity contribution in [2.45, 2.75) is 13.0 Å². The minimum absolute atomic E-state index is 0.0268. The van der Waals surface area contributed by atoms with Crippen LogP contribution >= 0.6 is 0 Å². The van der Waals surface area contributed by atoms with Gasteiger partial charge < -0.3 is 15.0 Å². The molecule has 0 aliphatic rings. The van der Waals surface area contributed by atoms with Crippen molar-refractivity contribution in [3.05, 3.63) is 54.2 Å². The lowest BCUT2D eigenvalue weighted by molar-refractivity contribution is -0.128. The van der Waals surface area contributed by atoms with Gasteiger partial charge in [0.15, 0.2) is 5.82 Å². The van der Waals surface area contributed by atoms with E-state index in [0.717, 1.165) is 10.8 Å². The van der Waals surface area contributed by atoms with E-state index in [2.05, 4.69) is 10.4 Å². The van der Waals surface area contributed by atoms with Crippen LogP contribution in [0.3, 0.4) is 0 Å². The zero-order chi connectivity index (χ0) is 19.4. The standard InChI is InChI=1S/C20H22N4O3/c1-23(2)18(25)11-13-24-12-10-17(22-24)21-20(26)15-8-4-6-14-7-5-9-16(27-3)19(14)15/h4-10,12H,11,13H2,1-3H3,(H,21,22,26). The molecule has 2 amide bonds. The van der Waals surface area contributed by atoms with Crippen LogP contribution < -0.4 is 10.1 Å². The van der Waals surface area contributed by atoms with Gasteiger partial charge in [-0.25, -0.2) is 0 Å². The number of benzene rings is 2. The summed E-state index contributed by atoms with van der Waals surface area (Å²) in [7, 11) is 5.02. The number of rotatable bonds is 6. The lowest BCUT2D eigenvalue weighted by Crippen LogP contribution is -2.23. The van der Waals surface area contributed by atoms with Gasteiger partial charge in [0.25, 0.3) is 5.91 Å². The Balaban J connectivity index is 1.77. The lowest BCUT2D eigenvalue weighted by Gasteiger charge is -2.10. The average molecular weight is 366 g/mol. The quantitative estimate of drug-likeness (QED) is 0.728. The molecular formula is C20H22N4O3. The normalized spacial score (nSPS) is 10.6. The zero-order valence-electron chi connectivity index (χ0n) is 15.6. The van der Waals surface area contributed by atoms with E-state index in [1.54, 1.807) is 49.1 Å². The van der Waals surface area contributed by atoms with Crippen LogP contribution in [0.4, 0.5) is 5.82 Å². The van der Waals surface area contributed by atoms with Gasteiger partial charge in [-0.15, -0.1) is 0 Å². The highest BCUT2D eigenvalue weighted by Gasteiger charge is 2.15. The molecule has 0 saturated carbocycles. The van der Waals surface area contributed by atoms with Crippen molar-refractivity contribution in [2.75, 3.05) is 26.5 Å². The van der Waals surface area contributed by atoms with E-state index < -0.39 is 0 Å². The number of nitrogens with zero attached hydrogens (tertiary/aromatic N) is 3. The maximum Gasteiger partial charge on any atom is 0.257 e. The first-order valence-corrected chi connectivity index (χ1v) is 8.60. The lowest BCUT2D eigenvalue weighted by atomic mass is 10.0. The van der Waals surface area contributed by atoms with Gasteiger partial charge in [0.2, 0.25) is 5.91 Å². The molecule has 1 aromatic heterocycles. The number of methoxy groups -OCH3 is 1. The molecule has 0 bridgehead atoms. The van der Waals surface area contributed by atoms with Crippen molar-refractivity contribution >= 4 is 28.4 Å². The third kappa shape index (κ3) is 4.08. The third-order valence-electron chi connectivity index (χ3n) is 4.27. The Bertz CT molecular complexity index is 973. The molecule has 0 fully saturated rings. The molecule has 0 aliphatic carbocycles. The van der Waals surface area contributed by atoms with Crippen LogP contribution in [0.1, 0.15) is 16.8 Å². The van der Waals surface area contributed by atoms with Gasteiger partial charge in [-0.2, -0.15) is 5.10 Å². The molecule has 0 aliphatic heterocycles. The summed E-state index contributed by atoms with van der Waals surface area (Å²) >= 11 is 0. The van der Waals surface area contributed by atoms with Gasteiger partial charge in [-0.1, -0.05) is 24.3 Å². The molecule has 140 valence electrons. The van der Waals surface area contributed by atoms with Gasteiger partial charge in [0, 0.05) is 44.7 Å². The number of hydrogen-bond acceptors (Lipinski definition) is 4. The average Bonchev–Trinajstić information content (AvgIpc) is 3.12. The molecule has 3 aromatic rings. The number of amides is 2. The van der Waals surface area contributed by atoms with Crippen LogP contribution in [0, 0.1) is 0 Å². The first-order chi connectivity index (χ1) is 13.0. The fraction of sp³-hybridized carbons (Fsp3) is 0.250. The van der Waals surface area contributed by atoms with E-state index in [0.29, 0.717) is 30.1 Å². The molecule has 0 radical (unpaired) electrons. The van der Waals surface area contributed by atoms with Gasteiger partial charge >= 0.3 is 0 Å². The molecule has 1 heterocycles. The summed E-state index contributed by atoms with van der Waals surface area (Å²) in [6, 6.07) is 12.9. The minimum Gasteiger partial charge on any atom is -0.496 e. The zero-order valence-corrected chi connectivity index (χ0v) is 15.6. The maximum absolute atomic E-state index is 12.8. The van der Waals surface area contributed by atoms with Crippen molar-refractivity contribution in [1.82, 2.24) is 14.7 Å². The summed E-state index contributed by atoms with van der Waals surface area (Å²) in [5, 5.41) is 8.81. The van der Waals surface area contributed by atoms with Crippen LogP contribution in [-0.4, -0.2) is 47.7 Å². The van der Waals surface area contributed by atoms with Gasteiger partial charge in [0.1, 0.15) is 5.75 Å². The molecule has 1 N–H and O–H groups in total. The summed E-state index contributed by atoms with van der Waals surface area (Å²) in [5.41, 5.74) is 0.516. The Morgan fingerprint density at radius 1 is 1.15 bits per heavy atom. The molecule has 7 nitrogen and oxygen atoms in total. The highest BCUT2D eigenvalue weighted by molar-refractivity contribution is 6.14. The van der Waals surface area contributed by atoms with Crippen LogP contribution in [-0.2, 0) is 11.3 Å². The largest absolute Gasteiger partial charge is 0.496 e. The van der Waals surface area contributed by atoms with E-state index in [-0.39, 0.29) is 11.8 Å². The minimum atomic E-state index is -0.264. The van der Waals surface area contributed by atoms with E-state index in [9.17, 15) is 9.59 Å². The Morgan fingerprint density at radius 3 is 2.59 bits per heavy atom. The van der Waals surface area contributed by atoms with Gasteiger partial charge in [-0.05, 0) is 17.5 Å². The van der Waals surface area contributed by atoms with Crippen LogP contribution in [0.2, 0.25) is 0 Å². The van der Waals surface area contributed by atoms with Crippen LogP contribution in [0.5, 0.6) is 5.75 Å². The first-order valence-electron chi connectivity index (χ1n) is 8.60. The van der Waals surface area contributed by atoms with Crippen molar-refractivity contribution < 1.29 is 14.3 Å². The van der Waals surface area contributed by atoms with Crippen molar-refractivity contribution in [3.63, 3.8) is 0 Å². The molecule has 0 saturated heterocycles. The SMILES string of the molecule is COc1cccc2cccc(C(=O)Nc3ccn(CCC(=O)N(C)C)n3)c12. The maximum atomic E-state index is 12.8. The van der Waals surface area contributed by atoms with Crippen molar-refractivity contribution in [3.8, 4) is 5.75 Å². The van der Waals surface area contributed by atoms with E-state index in [1.807, 2.05) is 30.3 Å². The summed E-state index contributed by atoms with van der Waals surface area (Å²) in [5.74, 6) is 0.842. The smallest absolute Gasteiger partial charge is 0.257 e. The summed E-state index contributed by atoms with van der Waals surface area (Å²) in [6.45, 7) is 0.453. The molecule has 27 heavy (non-hydrogen) atoms. The number of hydrogen-bond donors (Lipinski definition) is 1. The Hall–Kier alpha value is -3.35. The Morgan fingerprint density at radius 2 is 1.89 bits per heavy atom. The fourth-order valence-electron chi connectivity index (χ4n) is 2.84. The van der Waals surface area contributed by atoms with Crippen molar-refractivity contribution in [1.29, 1.82) is 0 Å². The number of ether oxygens (including phenoxy) is 1. The van der Waals surface area contributed by atoms with E-state index >= 15 is 0 Å². The Labute approximate surface area is 157 Å². The second kappa shape index (κ2) is 7.90. The number of carbonyl (C=O) groups is 2. The number of nitrogens with one attached hydrogen (secondary N) is 1. The third-order valence-corrected chi connectivity index (χ3v) is 4.27. The summed E-state index contributed by atoms with van der Waals surface area (Å²) in [4.78, 5) is 26.0. The Kier molecular flexibility index (Phi) is 5.40. The number of carbonyl (C=O) groups excluding carboxylic acids is 2. The molecule has 0 spiro atoms. The summed E-state index contributed by atoms with van der Waals surface area (Å²) < 4.78 is 7.05. The molecule has 0 unspecified atom stereocenters. The second-order valence-electron chi connectivity index (χ2n) is 6.32. The highest BCUT2D eigenvalue weighted by atomic mass is 16.5. The highest BCUT2D eigenvalue weighted by Crippen LogP contribution is 2.29. The summed E-state index contributed by atoms with van der Waals surface area (Å²) in [6.07, 6.45) is 2.09. The van der Waals surface area contributed by atoms with E-state index in [1.165, 1.54) is 0 Å². The number of anilines is 1. The second-order valence-corrected chi connectivity index (χ2v) is 6.32. The fourth-order valence-corrected chi connectivity index (χ4v) is 2.84. The number of aryl methyl sites for hydroxylation is 1. The molecular weight excluding hydrogens is 344 g/mol. The molecule has 3 rings (SSSR count). The predicted molar refractivity (Wildman–Crippen MR) is 104 cm³/mol. The number of fused-ring (bicyclic) bond motifs is 1. The molecule has 7 heteroatoms. The molecule has 2 aromatic carbocycles. The first kappa shape index (κ1) is 18.4. The van der Waals surface area contributed by atoms with Crippen LogP contribution in [0.15, 0.2) is 48.7 Å². The molecule has 0 atom stereocenters. The number of aromatic nitrogens is 2. The van der Waals surface area contributed by atoms with Gasteiger partial charge in [-0.3, -0.25) is 14.3 Å². The van der Waals surface area contributed by atoms with E-state index in [4.69, 9.17) is 4.74 Å².